The molecule has 0 saturated carbocycles. The van der Waals surface area contributed by atoms with Crippen LogP contribution in [0.25, 0.3) is 5.52 Å². The first-order valence-corrected chi connectivity index (χ1v) is 10.2. The molecule has 1 aliphatic heterocycles. The minimum absolute atomic E-state index is 0.588. The van der Waals surface area contributed by atoms with Crippen LogP contribution in [0.5, 0.6) is 5.75 Å². The van der Waals surface area contributed by atoms with Crippen LogP contribution in [0.15, 0.2) is 54.9 Å². The summed E-state index contributed by atoms with van der Waals surface area (Å²) in [6.45, 7) is 4.83. The van der Waals surface area contributed by atoms with Gasteiger partial charge in [0, 0.05) is 50.3 Å². The van der Waals surface area contributed by atoms with Gasteiger partial charge in [0.1, 0.15) is 5.75 Å². The quantitative estimate of drug-likeness (QED) is 0.535. The average Bonchev–Trinajstić information content (AvgIpc) is 3.21. The number of hydrogen-bond acceptors (Lipinski definition) is 4. The number of pyridine rings is 1. The third-order valence-electron chi connectivity index (χ3n) is 5.42. The molecule has 4 rings (SSSR count). The van der Waals surface area contributed by atoms with Crippen LogP contribution in [0.4, 0.5) is 18.9 Å². The fraction of sp³-hybridized carbons (Fsp3) is 0.409. The summed E-state index contributed by atoms with van der Waals surface area (Å²) in [5.74, 6) is 0.845. The summed E-state index contributed by atoms with van der Waals surface area (Å²) in [6.07, 6.45) is 1.32. The second-order valence-corrected chi connectivity index (χ2v) is 7.50. The van der Waals surface area contributed by atoms with Crippen LogP contribution in [0.1, 0.15) is 18.4 Å². The van der Waals surface area contributed by atoms with Crippen molar-refractivity contribution in [2.75, 3.05) is 44.2 Å². The van der Waals surface area contributed by atoms with Gasteiger partial charge in [0.15, 0.2) is 0 Å². The highest BCUT2D eigenvalue weighted by atomic mass is 19.4. The molecule has 30 heavy (non-hydrogen) atoms. The molecule has 0 bridgehead atoms. The number of unbranched alkanes of at least 4 members (excludes halogenated alkanes) is 1. The van der Waals surface area contributed by atoms with Crippen molar-refractivity contribution in [2.45, 2.75) is 19.0 Å². The molecule has 0 unspecified atom stereocenters. The number of ether oxygens (including phenoxy) is 1. The van der Waals surface area contributed by atoms with Gasteiger partial charge < -0.3 is 9.64 Å². The monoisotopic (exact) mass is 418 g/mol. The summed E-state index contributed by atoms with van der Waals surface area (Å²) < 4.78 is 46.4. The maximum atomic E-state index is 12.9. The third kappa shape index (κ3) is 5.05. The summed E-state index contributed by atoms with van der Waals surface area (Å²) in [6, 6.07) is 11.4. The predicted molar refractivity (Wildman–Crippen MR) is 110 cm³/mol. The van der Waals surface area contributed by atoms with Crippen LogP contribution in [0, 0.1) is 0 Å². The van der Waals surface area contributed by atoms with Gasteiger partial charge >= 0.3 is 6.18 Å². The first-order chi connectivity index (χ1) is 14.5. The zero-order chi connectivity index (χ0) is 21.0. The Morgan fingerprint density at radius 1 is 0.967 bits per heavy atom. The van der Waals surface area contributed by atoms with Gasteiger partial charge in [-0.15, -0.1) is 0 Å². The summed E-state index contributed by atoms with van der Waals surface area (Å²) in [5, 5.41) is 4.16. The van der Waals surface area contributed by atoms with E-state index in [-0.39, 0.29) is 0 Å². The standard InChI is InChI=1S/C22H25F3N4O/c23-22(24,25)18-4-3-5-19(16-18)28-13-11-27(12-14-28)9-1-2-15-30-21-7-10-29-20(17-21)6-8-26-29/h3-8,10,16-17H,1-2,9,11-15H2. The lowest BCUT2D eigenvalue weighted by molar-refractivity contribution is -0.137. The van der Waals surface area contributed by atoms with Crippen molar-refractivity contribution in [3.63, 3.8) is 0 Å². The van der Waals surface area contributed by atoms with Crippen LogP contribution >= 0.6 is 0 Å². The maximum absolute atomic E-state index is 12.9. The highest BCUT2D eigenvalue weighted by molar-refractivity contribution is 5.50. The van der Waals surface area contributed by atoms with E-state index >= 15 is 0 Å². The number of anilines is 1. The van der Waals surface area contributed by atoms with E-state index in [0.29, 0.717) is 12.3 Å². The van der Waals surface area contributed by atoms with Crippen LogP contribution in [0.2, 0.25) is 0 Å². The van der Waals surface area contributed by atoms with E-state index in [2.05, 4.69) is 10.00 Å². The van der Waals surface area contributed by atoms with E-state index in [1.165, 1.54) is 12.1 Å². The lowest BCUT2D eigenvalue weighted by atomic mass is 10.1. The van der Waals surface area contributed by atoms with E-state index in [0.717, 1.165) is 62.9 Å². The van der Waals surface area contributed by atoms with Crippen molar-refractivity contribution in [3.8, 4) is 5.75 Å². The number of fused-ring (bicyclic) bond motifs is 1. The van der Waals surface area contributed by atoms with Gasteiger partial charge in [-0.3, -0.25) is 4.90 Å². The highest BCUT2D eigenvalue weighted by Crippen LogP contribution is 2.31. The van der Waals surface area contributed by atoms with Crippen molar-refractivity contribution < 1.29 is 17.9 Å². The second-order valence-electron chi connectivity index (χ2n) is 7.50. The predicted octanol–water partition coefficient (Wildman–Crippen LogP) is 4.33. The fourth-order valence-electron chi connectivity index (χ4n) is 3.73. The van der Waals surface area contributed by atoms with Crippen molar-refractivity contribution in [1.82, 2.24) is 14.5 Å². The molecule has 0 aliphatic carbocycles. The summed E-state index contributed by atoms with van der Waals surface area (Å²) in [4.78, 5) is 4.39. The molecule has 3 aromatic rings. The normalized spacial score (nSPS) is 15.6. The Kier molecular flexibility index (Phi) is 6.13. The molecule has 160 valence electrons. The molecule has 0 spiro atoms. The molecule has 0 atom stereocenters. The van der Waals surface area contributed by atoms with Crippen molar-refractivity contribution in [3.05, 3.63) is 60.4 Å². The van der Waals surface area contributed by atoms with Crippen LogP contribution in [-0.4, -0.2) is 53.8 Å². The molecule has 1 aromatic carbocycles. The van der Waals surface area contributed by atoms with Crippen LogP contribution < -0.4 is 9.64 Å². The number of nitrogens with zero attached hydrogens (tertiary/aromatic N) is 4. The number of hydrogen-bond donors (Lipinski definition) is 0. The third-order valence-corrected chi connectivity index (χ3v) is 5.42. The van der Waals surface area contributed by atoms with E-state index in [9.17, 15) is 13.2 Å². The van der Waals surface area contributed by atoms with Gasteiger partial charge in [-0.05, 0) is 49.7 Å². The summed E-state index contributed by atoms with van der Waals surface area (Å²) in [5.41, 5.74) is 1.06. The minimum atomic E-state index is -4.30. The molecule has 1 aliphatic rings. The zero-order valence-corrected chi connectivity index (χ0v) is 16.7. The number of aromatic nitrogens is 2. The van der Waals surface area contributed by atoms with Crippen LogP contribution in [0.3, 0.4) is 0 Å². The molecule has 5 nitrogen and oxygen atoms in total. The first kappa shape index (κ1) is 20.5. The SMILES string of the molecule is FC(F)(F)c1cccc(N2CCN(CCCCOc3ccn4nccc4c3)CC2)c1. The van der Waals surface area contributed by atoms with Gasteiger partial charge in [-0.25, -0.2) is 4.52 Å². The van der Waals surface area contributed by atoms with E-state index in [1.807, 2.05) is 29.3 Å². The fourth-order valence-corrected chi connectivity index (χ4v) is 3.73. The molecule has 0 amide bonds. The topological polar surface area (TPSA) is 33.0 Å². The number of piperazine rings is 1. The van der Waals surface area contributed by atoms with Crippen molar-refractivity contribution >= 4 is 11.2 Å². The summed E-state index contributed by atoms with van der Waals surface area (Å²) in [7, 11) is 0. The largest absolute Gasteiger partial charge is 0.493 e. The molecule has 1 saturated heterocycles. The van der Waals surface area contributed by atoms with Gasteiger partial charge in [0.2, 0.25) is 0 Å². The number of rotatable bonds is 7. The maximum Gasteiger partial charge on any atom is 0.416 e. The van der Waals surface area contributed by atoms with E-state index in [1.54, 1.807) is 16.8 Å². The Labute approximate surface area is 173 Å². The minimum Gasteiger partial charge on any atom is -0.493 e. The van der Waals surface area contributed by atoms with Gasteiger partial charge in [0.05, 0.1) is 17.7 Å². The smallest absolute Gasteiger partial charge is 0.416 e. The number of benzene rings is 1. The first-order valence-electron chi connectivity index (χ1n) is 10.2. The number of halogens is 3. The lowest BCUT2D eigenvalue weighted by Gasteiger charge is -2.36. The van der Waals surface area contributed by atoms with E-state index in [4.69, 9.17) is 4.74 Å². The lowest BCUT2D eigenvalue weighted by Crippen LogP contribution is -2.46. The molecular formula is C22H25F3N4O. The average molecular weight is 418 g/mol. The molecule has 0 N–H and O–H groups in total. The van der Waals surface area contributed by atoms with Gasteiger partial charge in [-0.2, -0.15) is 18.3 Å². The molecule has 1 fully saturated rings. The second kappa shape index (κ2) is 8.95. The Morgan fingerprint density at radius 3 is 2.60 bits per heavy atom. The highest BCUT2D eigenvalue weighted by Gasteiger charge is 2.31. The Balaban J connectivity index is 1.16. The molecule has 0 radical (unpaired) electrons. The van der Waals surface area contributed by atoms with Crippen molar-refractivity contribution in [1.29, 1.82) is 0 Å². The Hall–Kier alpha value is -2.74. The summed E-state index contributed by atoms with van der Waals surface area (Å²) >= 11 is 0. The number of alkyl halides is 3. The van der Waals surface area contributed by atoms with Crippen molar-refractivity contribution in [2.24, 2.45) is 0 Å². The Morgan fingerprint density at radius 2 is 1.80 bits per heavy atom. The van der Waals surface area contributed by atoms with Gasteiger partial charge in [0.25, 0.3) is 0 Å². The molecule has 2 aromatic heterocycles. The molecular weight excluding hydrogens is 393 g/mol. The van der Waals surface area contributed by atoms with Crippen LogP contribution in [-0.2, 0) is 6.18 Å². The molecule has 8 heteroatoms. The Bertz CT molecular complexity index is 964. The molecule has 3 heterocycles. The van der Waals surface area contributed by atoms with E-state index < -0.39 is 11.7 Å². The van der Waals surface area contributed by atoms with Gasteiger partial charge in [-0.1, -0.05) is 6.07 Å². The zero-order valence-electron chi connectivity index (χ0n) is 16.7.